The van der Waals surface area contributed by atoms with E-state index in [0.717, 1.165) is 0 Å². The highest BCUT2D eigenvalue weighted by Crippen LogP contribution is 2.36. The lowest BCUT2D eigenvalue weighted by molar-refractivity contribution is -0.129. The van der Waals surface area contributed by atoms with Crippen LogP contribution in [0.15, 0.2) is 23.4 Å². The molecule has 2 aromatic rings. The van der Waals surface area contributed by atoms with Crippen molar-refractivity contribution in [2.45, 2.75) is 23.0 Å². The SMILES string of the molecule is COc1ccc2nc(SC(CCN)C(F)(F)F)[nH]c2c1. The summed E-state index contributed by atoms with van der Waals surface area (Å²) in [4.78, 5) is 7.00. The van der Waals surface area contributed by atoms with Gasteiger partial charge in [-0.15, -0.1) is 0 Å². The number of H-pyrrole nitrogens is 1. The minimum Gasteiger partial charge on any atom is -0.497 e. The fourth-order valence-corrected chi connectivity index (χ4v) is 2.70. The maximum absolute atomic E-state index is 12.8. The first-order chi connectivity index (χ1) is 9.44. The molecule has 0 bridgehead atoms. The molecule has 0 amide bonds. The summed E-state index contributed by atoms with van der Waals surface area (Å²) in [7, 11) is 1.52. The molecule has 1 atom stereocenters. The number of rotatable bonds is 5. The maximum Gasteiger partial charge on any atom is 0.401 e. The molecular formula is C12H14F3N3OS. The van der Waals surface area contributed by atoms with Gasteiger partial charge in [-0.2, -0.15) is 13.2 Å². The third kappa shape index (κ3) is 3.37. The van der Waals surface area contributed by atoms with Crippen molar-refractivity contribution in [3.8, 4) is 5.75 Å². The van der Waals surface area contributed by atoms with Crippen LogP contribution in [-0.2, 0) is 0 Å². The van der Waals surface area contributed by atoms with Crippen molar-refractivity contribution in [2.75, 3.05) is 13.7 Å². The van der Waals surface area contributed by atoms with Crippen molar-refractivity contribution >= 4 is 22.8 Å². The van der Waals surface area contributed by atoms with Gasteiger partial charge in [0.2, 0.25) is 0 Å². The Bertz CT molecular complexity index is 585. The van der Waals surface area contributed by atoms with Gasteiger partial charge in [-0.25, -0.2) is 4.98 Å². The van der Waals surface area contributed by atoms with E-state index in [1.165, 1.54) is 7.11 Å². The molecule has 0 aliphatic carbocycles. The minimum absolute atomic E-state index is 0.0226. The smallest absolute Gasteiger partial charge is 0.401 e. The topological polar surface area (TPSA) is 63.9 Å². The molecule has 0 fully saturated rings. The van der Waals surface area contributed by atoms with Crippen LogP contribution in [0.1, 0.15) is 6.42 Å². The monoisotopic (exact) mass is 305 g/mol. The van der Waals surface area contributed by atoms with Crippen LogP contribution in [0.25, 0.3) is 11.0 Å². The highest BCUT2D eigenvalue weighted by molar-refractivity contribution is 7.99. The molecule has 0 radical (unpaired) electrons. The number of halogens is 3. The Hall–Kier alpha value is -1.41. The predicted octanol–water partition coefficient (Wildman–Crippen LogP) is 2.94. The van der Waals surface area contributed by atoms with Gasteiger partial charge < -0.3 is 15.5 Å². The summed E-state index contributed by atoms with van der Waals surface area (Å²) >= 11 is 0.647. The summed E-state index contributed by atoms with van der Waals surface area (Å²) in [5.41, 5.74) is 6.47. The number of hydrogen-bond acceptors (Lipinski definition) is 4. The number of aromatic nitrogens is 2. The van der Waals surface area contributed by atoms with Gasteiger partial charge in [0.25, 0.3) is 0 Å². The standard InChI is InChI=1S/C12H14F3N3OS/c1-19-7-2-3-8-9(6-7)18-11(17-8)20-10(4-5-16)12(13,14)15/h2-3,6,10H,4-5,16H2,1H3,(H,17,18). The molecule has 0 aliphatic heterocycles. The second-order valence-corrected chi connectivity index (χ2v) is 5.34. The number of benzene rings is 1. The molecule has 0 spiro atoms. The van der Waals surface area contributed by atoms with Crippen LogP contribution in [0.2, 0.25) is 0 Å². The van der Waals surface area contributed by atoms with Crippen LogP contribution < -0.4 is 10.5 Å². The number of fused-ring (bicyclic) bond motifs is 1. The van der Waals surface area contributed by atoms with Gasteiger partial charge in [-0.1, -0.05) is 11.8 Å². The number of alkyl halides is 3. The third-order valence-corrected chi connectivity index (χ3v) is 3.92. The summed E-state index contributed by atoms with van der Waals surface area (Å²) in [6, 6.07) is 5.09. The zero-order valence-corrected chi connectivity index (χ0v) is 11.5. The fourth-order valence-electron chi connectivity index (χ4n) is 1.72. The van der Waals surface area contributed by atoms with Crippen molar-refractivity contribution in [3.63, 3.8) is 0 Å². The number of hydrogen-bond donors (Lipinski definition) is 2. The van der Waals surface area contributed by atoms with Crippen LogP contribution in [0.4, 0.5) is 13.2 Å². The van der Waals surface area contributed by atoms with Crippen LogP contribution in [0.3, 0.4) is 0 Å². The number of ether oxygens (including phenoxy) is 1. The molecule has 110 valence electrons. The average Bonchev–Trinajstić information content (AvgIpc) is 2.78. The highest BCUT2D eigenvalue weighted by Gasteiger charge is 2.40. The number of nitrogens with zero attached hydrogens (tertiary/aromatic N) is 1. The van der Waals surface area contributed by atoms with E-state index in [2.05, 4.69) is 9.97 Å². The lowest BCUT2D eigenvalue weighted by Crippen LogP contribution is -2.28. The number of thioether (sulfide) groups is 1. The van der Waals surface area contributed by atoms with Crippen LogP contribution in [-0.4, -0.2) is 35.0 Å². The van der Waals surface area contributed by atoms with E-state index >= 15 is 0 Å². The molecule has 0 aliphatic rings. The van der Waals surface area contributed by atoms with E-state index in [0.29, 0.717) is 28.5 Å². The van der Waals surface area contributed by atoms with Crippen molar-refractivity contribution in [1.82, 2.24) is 9.97 Å². The number of nitrogens with two attached hydrogens (primary N) is 1. The normalized spacial score (nSPS) is 13.7. The molecule has 1 aromatic carbocycles. The second-order valence-electron chi connectivity index (χ2n) is 4.15. The van der Waals surface area contributed by atoms with E-state index in [-0.39, 0.29) is 18.1 Å². The summed E-state index contributed by atoms with van der Waals surface area (Å²) in [6.45, 7) is -0.0226. The molecule has 0 saturated carbocycles. The number of methoxy groups -OCH3 is 1. The molecule has 1 aromatic heterocycles. The fraction of sp³-hybridized carbons (Fsp3) is 0.417. The average molecular weight is 305 g/mol. The Labute approximate surface area is 117 Å². The Kier molecular flexibility index (Phi) is 4.44. The van der Waals surface area contributed by atoms with Crippen molar-refractivity contribution in [1.29, 1.82) is 0 Å². The first kappa shape index (κ1) is 15.0. The minimum atomic E-state index is -4.30. The first-order valence-corrected chi connectivity index (χ1v) is 6.79. The van der Waals surface area contributed by atoms with Crippen LogP contribution in [0, 0.1) is 0 Å². The summed E-state index contributed by atoms with van der Waals surface area (Å²) in [5.74, 6) is 0.618. The highest BCUT2D eigenvalue weighted by atomic mass is 32.2. The molecule has 1 heterocycles. The van der Waals surface area contributed by atoms with Gasteiger partial charge >= 0.3 is 6.18 Å². The molecular weight excluding hydrogens is 291 g/mol. The van der Waals surface area contributed by atoms with Gasteiger partial charge in [-0.05, 0) is 25.1 Å². The molecule has 4 nitrogen and oxygen atoms in total. The van der Waals surface area contributed by atoms with Crippen molar-refractivity contribution < 1.29 is 17.9 Å². The Balaban J connectivity index is 2.24. The first-order valence-electron chi connectivity index (χ1n) is 5.91. The van der Waals surface area contributed by atoms with Crippen molar-refractivity contribution in [3.05, 3.63) is 18.2 Å². The molecule has 0 saturated heterocycles. The van der Waals surface area contributed by atoms with Crippen LogP contribution >= 0.6 is 11.8 Å². The molecule has 8 heteroatoms. The third-order valence-electron chi connectivity index (χ3n) is 2.72. The second kappa shape index (κ2) is 5.92. The van der Waals surface area contributed by atoms with E-state index in [4.69, 9.17) is 10.5 Å². The number of nitrogens with one attached hydrogen (secondary N) is 1. The Morgan fingerprint density at radius 3 is 2.80 bits per heavy atom. The quantitative estimate of drug-likeness (QED) is 0.834. The van der Waals surface area contributed by atoms with E-state index in [1.54, 1.807) is 18.2 Å². The molecule has 2 rings (SSSR count). The summed E-state index contributed by atoms with van der Waals surface area (Å²) < 4.78 is 43.5. The van der Waals surface area contributed by atoms with Gasteiger partial charge in [0.15, 0.2) is 5.16 Å². The van der Waals surface area contributed by atoms with E-state index in [9.17, 15) is 13.2 Å². The van der Waals surface area contributed by atoms with E-state index in [1.807, 2.05) is 0 Å². The van der Waals surface area contributed by atoms with Crippen LogP contribution in [0.5, 0.6) is 5.75 Å². The van der Waals surface area contributed by atoms with Gasteiger partial charge in [0.1, 0.15) is 11.0 Å². The lowest BCUT2D eigenvalue weighted by Gasteiger charge is -2.17. The molecule has 3 N–H and O–H groups in total. The number of aromatic amines is 1. The summed E-state index contributed by atoms with van der Waals surface area (Å²) in [5, 5.41) is -1.33. The zero-order valence-electron chi connectivity index (χ0n) is 10.7. The predicted molar refractivity (Wildman–Crippen MR) is 72.0 cm³/mol. The largest absolute Gasteiger partial charge is 0.497 e. The Morgan fingerprint density at radius 2 is 2.20 bits per heavy atom. The van der Waals surface area contributed by atoms with Gasteiger partial charge in [-0.3, -0.25) is 0 Å². The molecule has 1 unspecified atom stereocenters. The Morgan fingerprint density at radius 1 is 1.45 bits per heavy atom. The molecule has 20 heavy (non-hydrogen) atoms. The van der Waals surface area contributed by atoms with Gasteiger partial charge in [0.05, 0.1) is 18.1 Å². The lowest BCUT2D eigenvalue weighted by atomic mass is 10.3. The van der Waals surface area contributed by atoms with Crippen molar-refractivity contribution in [2.24, 2.45) is 5.73 Å². The number of imidazole rings is 1. The zero-order chi connectivity index (χ0) is 14.8. The van der Waals surface area contributed by atoms with E-state index < -0.39 is 11.4 Å². The summed E-state index contributed by atoms with van der Waals surface area (Å²) in [6.07, 6.45) is -4.45. The maximum atomic E-state index is 12.8. The van der Waals surface area contributed by atoms with Gasteiger partial charge in [0, 0.05) is 6.07 Å².